The molecule has 0 aliphatic heterocycles. The average Bonchev–Trinajstić information content (AvgIpc) is 3.04. The Hall–Kier alpha value is -3.41. The van der Waals surface area contributed by atoms with Crippen molar-refractivity contribution in [2.24, 2.45) is 5.73 Å². The zero-order valence-corrected chi connectivity index (χ0v) is 15.0. The Labute approximate surface area is 157 Å². The van der Waals surface area contributed by atoms with Crippen molar-refractivity contribution in [1.82, 2.24) is 10.2 Å². The van der Waals surface area contributed by atoms with E-state index >= 15 is 0 Å². The molecule has 2 aromatic carbocycles. The molecule has 6 nitrogen and oxygen atoms in total. The molecule has 0 saturated heterocycles. The highest BCUT2D eigenvalue weighted by atomic mass is 16.4. The van der Waals surface area contributed by atoms with E-state index in [1.54, 1.807) is 12.1 Å². The van der Waals surface area contributed by atoms with Crippen molar-refractivity contribution in [3.63, 3.8) is 0 Å². The van der Waals surface area contributed by atoms with Gasteiger partial charge in [-0.15, -0.1) is 0 Å². The number of primary amides is 1. The molecule has 1 amide bonds. The minimum atomic E-state index is -0.973. The quantitative estimate of drug-likeness (QED) is 0.599. The Morgan fingerprint density at radius 1 is 1.00 bits per heavy atom. The molecular formula is C21H21N3O3. The van der Waals surface area contributed by atoms with E-state index in [0.717, 1.165) is 12.0 Å². The minimum absolute atomic E-state index is 0.220. The number of amides is 1. The maximum Gasteiger partial charge on any atom is 0.335 e. The highest BCUT2D eigenvalue weighted by Gasteiger charge is 2.18. The first kappa shape index (κ1) is 18.4. The molecule has 4 N–H and O–H groups in total. The Bertz CT molecular complexity index is 957. The number of carboxylic acid groups (broad SMARTS) is 1. The van der Waals surface area contributed by atoms with Gasteiger partial charge in [-0.05, 0) is 43.0 Å². The fraction of sp³-hybridized carbons (Fsp3) is 0.190. The number of rotatable bonds is 7. The predicted molar refractivity (Wildman–Crippen MR) is 102 cm³/mol. The number of nitrogens with two attached hydrogens (primary N) is 1. The van der Waals surface area contributed by atoms with Gasteiger partial charge in [0.25, 0.3) is 5.91 Å². The zero-order valence-electron chi connectivity index (χ0n) is 15.0. The van der Waals surface area contributed by atoms with E-state index in [1.165, 1.54) is 23.3 Å². The summed E-state index contributed by atoms with van der Waals surface area (Å²) in [4.78, 5) is 22.9. The number of aryl methyl sites for hydroxylation is 3. The van der Waals surface area contributed by atoms with Crippen LogP contribution in [0.15, 0.2) is 48.5 Å². The maximum atomic E-state index is 12.0. The van der Waals surface area contributed by atoms with Gasteiger partial charge >= 0.3 is 5.97 Å². The molecule has 0 atom stereocenters. The Kier molecular flexibility index (Phi) is 5.35. The maximum absolute atomic E-state index is 12.0. The topological polar surface area (TPSA) is 109 Å². The normalized spacial score (nSPS) is 10.7. The third-order valence-corrected chi connectivity index (χ3v) is 4.52. The SMILES string of the molecule is Cc1ccc(CCc2n[nH]c(Cc3ccc(C(=O)O)cc3)c2C(N)=O)cc1. The summed E-state index contributed by atoms with van der Waals surface area (Å²) in [5.74, 6) is -1.49. The first-order valence-electron chi connectivity index (χ1n) is 8.67. The number of aromatic nitrogens is 2. The average molecular weight is 363 g/mol. The lowest BCUT2D eigenvalue weighted by Crippen LogP contribution is -2.15. The Morgan fingerprint density at radius 3 is 2.22 bits per heavy atom. The second-order valence-electron chi connectivity index (χ2n) is 6.55. The number of carbonyl (C=O) groups is 2. The lowest BCUT2D eigenvalue weighted by molar-refractivity contribution is 0.0696. The number of hydrogen-bond acceptors (Lipinski definition) is 3. The number of nitrogens with one attached hydrogen (secondary N) is 1. The van der Waals surface area contributed by atoms with Crippen LogP contribution in [0.4, 0.5) is 0 Å². The minimum Gasteiger partial charge on any atom is -0.478 e. The molecule has 0 aliphatic carbocycles. The molecule has 27 heavy (non-hydrogen) atoms. The van der Waals surface area contributed by atoms with E-state index < -0.39 is 11.9 Å². The van der Waals surface area contributed by atoms with Gasteiger partial charge in [0, 0.05) is 6.42 Å². The van der Waals surface area contributed by atoms with Crippen LogP contribution in [0, 0.1) is 6.92 Å². The third kappa shape index (κ3) is 4.41. The van der Waals surface area contributed by atoms with Gasteiger partial charge in [-0.1, -0.05) is 42.0 Å². The van der Waals surface area contributed by atoms with Crippen molar-refractivity contribution in [1.29, 1.82) is 0 Å². The molecular weight excluding hydrogens is 342 g/mol. The molecule has 6 heteroatoms. The van der Waals surface area contributed by atoms with E-state index in [9.17, 15) is 9.59 Å². The fourth-order valence-electron chi connectivity index (χ4n) is 3.01. The molecule has 0 saturated carbocycles. The molecule has 0 spiro atoms. The molecule has 3 rings (SSSR count). The first-order chi connectivity index (χ1) is 12.9. The van der Waals surface area contributed by atoms with Crippen LogP contribution < -0.4 is 5.73 Å². The van der Waals surface area contributed by atoms with Crippen LogP contribution in [0.5, 0.6) is 0 Å². The molecule has 0 bridgehead atoms. The summed E-state index contributed by atoms with van der Waals surface area (Å²) in [6, 6.07) is 14.8. The Morgan fingerprint density at radius 2 is 1.63 bits per heavy atom. The molecule has 3 aromatic rings. The number of aromatic amines is 1. The molecule has 138 valence electrons. The molecule has 0 fully saturated rings. The summed E-state index contributed by atoms with van der Waals surface area (Å²) in [7, 11) is 0. The molecule has 0 unspecified atom stereocenters. The highest BCUT2D eigenvalue weighted by Crippen LogP contribution is 2.18. The van der Waals surface area contributed by atoms with Crippen LogP contribution in [0.1, 0.15) is 48.8 Å². The van der Waals surface area contributed by atoms with E-state index in [2.05, 4.69) is 34.5 Å². The van der Waals surface area contributed by atoms with Gasteiger partial charge in [0.2, 0.25) is 0 Å². The summed E-state index contributed by atoms with van der Waals surface area (Å²) in [5.41, 5.74) is 10.8. The lowest BCUT2D eigenvalue weighted by atomic mass is 10.0. The van der Waals surface area contributed by atoms with Crippen molar-refractivity contribution in [3.05, 3.63) is 87.7 Å². The predicted octanol–water partition coefficient (Wildman–Crippen LogP) is 2.89. The van der Waals surface area contributed by atoms with Crippen LogP contribution >= 0.6 is 0 Å². The second kappa shape index (κ2) is 7.86. The summed E-state index contributed by atoms with van der Waals surface area (Å²) < 4.78 is 0. The molecule has 0 radical (unpaired) electrons. The van der Waals surface area contributed by atoms with Gasteiger partial charge in [-0.3, -0.25) is 9.89 Å². The van der Waals surface area contributed by atoms with Crippen LogP contribution in [-0.4, -0.2) is 27.2 Å². The van der Waals surface area contributed by atoms with Crippen LogP contribution in [0.25, 0.3) is 0 Å². The van der Waals surface area contributed by atoms with E-state index in [4.69, 9.17) is 10.8 Å². The zero-order chi connectivity index (χ0) is 19.4. The van der Waals surface area contributed by atoms with E-state index in [0.29, 0.717) is 29.8 Å². The molecule has 1 heterocycles. The summed E-state index contributed by atoms with van der Waals surface area (Å²) in [6.45, 7) is 2.04. The standard InChI is InChI=1S/C21H21N3O3/c1-13-2-4-14(5-3-13)8-11-17-19(20(22)25)18(24-23-17)12-15-6-9-16(10-7-15)21(26)27/h2-7,9-10H,8,11-12H2,1H3,(H2,22,25)(H,23,24)(H,26,27). The number of H-pyrrole nitrogens is 1. The number of carboxylic acids is 1. The van der Waals surface area contributed by atoms with E-state index in [-0.39, 0.29) is 5.56 Å². The van der Waals surface area contributed by atoms with Crippen molar-refractivity contribution in [2.45, 2.75) is 26.2 Å². The van der Waals surface area contributed by atoms with Crippen molar-refractivity contribution >= 4 is 11.9 Å². The van der Waals surface area contributed by atoms with E-state index in [1.807, 2.05) is 6.92 Å². The van der Waals surface area contributed by atoms with Gasteiger partial charge in [0.05, 0.1) is 22.5 Å². The monoisotopic (exact) mass is 363 g/mol. The number of aromatic carboxylic acids is 1. The fourth-order valence-corrected chi connectivity index (χ4v) is 3.01. The number of nitrogens with zero attached hydrogens (tertiary/aromatic N) is 1. The third-order valence-electron chi connectivity index (χ3n) is 4.52. The number of carbonyl (C=O) groups excluding carboxylic acids is 1. The van der Waals surface area contributed by atoms with Crippen LogP contribution in [-0.2, 0) is 19.3 Å². The van der Waals surface area contributed by atoms with Gasteiger partial charge < -0.3 is 10.8 Å². The molecule has 1 aromatic heterocycles. The summed E-state index contributed by atoms with van der Waals surface area (Å²) >= 11 is 0. The van der Waals surface area contributed by atoms with Crippen molar-refractivity contribution in [2.75, 3.05) is 0 Å². The molecule has 0 aliphatic rings. The first-order valence-corrected chi connectivity index (χ1v) is 8.67. The van der Waals surface area contributed by atoms with Crippen molar-refractivity contribution in [3.8, 4) is 0 Å². The largest absolute Gasteiger partial charge is 0.478 e. The number of benzene rings is 2. The van der Waals surface area contributed by atoms with Gasteiger partial charge in [0.15, 0.2) is 0 Å². The van der Waals surface area contributed by atoms with Crippen molar-refractivity contribution < 1.29 is 14.7 Å². The van der Waals surface area contributed by atoms with Crippen LogP contribution in [0.2, 0.25) is 0 Å². The van der Waals surface area contributed by atoms with Gasteiger partial charge in [-0.25, -0.2) is 4.79 Å². The van der Waals surface area contributed by atoms with Gasteiger partial charge in [-0.2, -0.15) is 5.10 Å². The smallest absolute Gasteiger partial charge is 0.335 e. The number of hydrogen-bond donors (Lipinski definition) is 3. The lowest BCUT2D eigenvalue weighted by Gasteiger charge is -2.04. The second-order valence-corrected chi connectivity index (χ2v) is 6.55. The summed E-state index contributed by atoms with van der Waals surface area (Å²) in [6.07, 6.45) is 1.80. The van der Waals surface area contributed by atoms with Crippen LogP contribution in [0.3, 0.4) is 0 Å². The Balaban J connectivity index is 1.77. The highest BCUT2D eigenvalue weighted by molar-refractivity contribution is 5.95. The van der Waals surface area contributed by atoms with Gasteiger partial charge in [0.1, 0.15) is 0 Å². The summed E-state index contributed by atoms with van der Waals surface area (Å²) in [5, 5.41) is 16.2.